The van der Waals surface area contributed by atoms with Crippen molar-refractivity contribution in [2.24, 2.45) is 0 Å². The summed E-state index contributed by atoms with van der Waals surface area (Å²) in [4.78, 5) is 0.538. The normalized spacial score (nSPS) is 11.2. The van der Waals surface area contributed by atoms with Gasteiger partial charge in [-0.15, -0.1) is 0 Å². The van der Waals surface area contributed by atoms with Gasteiger partial charge in [-0.1, -0.05) is 36.4 Å². The van der Waals surface area contributed by atoms with Gasteiger partial charge in [-0.2, -0.15) is 0 Å². The van der Waals surface area contributed by atoms with Crippen molar-refractivity contribution in [3.8, 4) is 11.5 Å². The second-order valence-corrected chi connectivity index (χ2v) is 7.56. The summed E-state index contributed by atoms with van der Waals surface area (Å²) in [6, 6.07) is 20.9. The topological polar surface area (TPSA) is 43.4 Å². The Morgan fingerprint density at radius 3 is 1.79 bits per heavy atom. The molecule has 0 radical (unpaired) electrons. The Morgan fingerprint density at radius 1 is 0.667 bits per heavy atom. The lowest BCUT2D eigenvalue weighted by Crippen LogP contribution is -2.01. The Morgan fingerprint density at radius 2 is 1.21 bits per heavy atom. The minimum Gasteiger partial charge on any atom is -0.457 e. The average molecular weight is 338 g/mol. The molecule has 0 unspecified atom stereocenters. The van der Waals surface area contributed by atoms with E-state index in [2.05, 4.69) is 0 Å². The molecule has 4 heteroatoms. The molecule has 0 atom stereocenters. The van der Waals surface area contributed by atoms with E-state index in [1.807, 2.05) is 32.0 Å². The molecule has 0 bridgehead atoms. The molecule has 0 amide bonds. The first-order valence-electron chi connectivity index (χ1n) is 7.63. The minimum absolute atomic E-state index is 0.252. The Kier molecular flexibility index (Phi) is 4.40. The van der Waals surface area contributed by atoms with Crippen LogP contribution in [0, 0.1) is 13.8 Å². The van der Waals surface area contributed by atoms with Crippen LogP contribution >= 0.6 is 0 Å². The van der Waals surface area contributed by atoms with E-state index in [1.165, 1.54) is 0 Å². The lowest BCUT2D eigenvalue weighted by atomic mass is 10.1. The molecule has 122 valence electrons. The highest BCUT2D eigenvalue weighted by molar-refractivity contribution is 7.91. The van der Waals surface area contributed by atoms with Crippen LogP contribution < -0.4 is 4.74 Å². The van der Waals surface area contributed by atoms with E-state index < -0.39 is 9.84 Å². The quantitative estimate of drug-likeness (QED) is 0.677. The Balaban J connectivity index is 1.89. The van der Waals surface area contributed by atoms with Crippen molar-refractivity contribution in [2.45, 2.75) is 23.6 Å². The first-order chi connectivity index (χ1) is 11.5. The van der Waals surface area contributed by atoms with Gasteiger partial charge in [-0.3, -0.25) is 0 Å². The molecule has 24 heavy (non-hydrogen) atoms. The van der Waals surface area contributed by atoms with Crippen molar-refractivity contribution in [1.82, 2.24) is 0 Å². The Labute approximate surface area is 142 Å². The molecule has 3 rings (SSSR count). The number of ether oxygens (including phenoxy) is 1. The zero-order valence-electron chi connectivity index (χ0n) is 13.6. The molecule has 3 nitrogen and oxygen atoms in total. The van der Waals surface area contributed by atoms with Crippen LogP contribution in [-0.4, -0.2) is 8.42 Å². The van der Waals surface area contributed by atoms with Crippen molar-refractivity contribution in [1.29, 1.82) is 0 Å². The van der Waals surface area contributed by atoms with Gasteiger partial charge in [-0.25, -0.2) is 8.42 Å². The van der Waals surface area contributed by atoms with Gasteiger partial charge in [-0.05, 0) is 61.4 Å². The number of rotatable bonds is 4. The van der Waals surface area contributed by atoms with Gasteiger partial charge in [0.2, 0.25) is 9.84 Å². The van der Waals surface area contributed by atoms with E-state index in [0.717, 1.165) is 16.9 Å². The summed E-state index contributed by atoms with van der Waals surface area (Å²) in [6.07, 6.45) is 0. The number of aryl methyl sites for hydroxylation is 2. The second kappa shape index (κ2) is 6.49. The highest BCUT2D eigenvalue weighted by Gasteiger charge is 2.17. The molecule has 0 saturated carbocycles. The highest BCUT2D eigenvalue weighted by atomic mass is 32.2. The van der Waals surface area contributed by atoms with Crippen molar-refractivity contribution in [3.05, 3.63) is 83.9 Å². The van der Waals surface area contributed by atoms with Gasteiger partial charge in [0.1, 0.15) is 11.5 Å². The molecule has 0 aliphatic carbocycles. The molecule has 0 saturated heterocycles. The molecule has 3 aromatic rings. The molecule has 0 heterocycles. The Hall–Kier alpha value is -2.59. The zero-order chi connectivity index (χ0) is 17.2. The molecule has 0 fully saturated rings. The minimum atomic E-state index is -3.50. The van der Waals surface area contributed by atoms with Gasteiger partial charge < -0.3 is 4.74 Å². The summed E-state index contributed by atoms with van der Waals surface area (Å²) >= 11 is 0. The molecular weight excluding hydrogens is 320 g/mol. The summed E-state index contributed by atoms with van der Waals surface area (Å²) in [6.45, 7) is 3.97. The van der Waals surface area contributed by atoms with E-state index in [1.54, 1.807) is 54.6 Å². The number of hydrogen-bond acceptors (Lipinski definition) is 3. The van der Waals surface area contributed by atoms with Crippen LogP contribution in [0.4, 0.5) is 0 Å². The lowest BCUT2D eigenvalue weighted by Gasteiger charge is -2.12. The second-order valence-electron chi connectivity index (χ2n) is 5.61. The van der Waals surface area contributed by atoms with Gasteiger partial charge in [0.15, 0.2) is 0 Å². The summed E-state index contributed by atoms with van der Waals surface area (Å²) in [5.41, 5.74) is 2.08. The summed E-state index contributed by atoms with van der Waals surface area (Å²) in [7, 11) is -3.50. The fourth-order valence-electron chi connectivity index (χ4n) is 2.50. The first-order valence-corrected chi connectivity index (χ1v) is 9.11. The van der Waals surface area contributed by atoms with Gasteiger partial charge in [0.25, 0.3) is 0 Å². The number of benzene rings is 3. The molecule has 0 spiro atoms. The average Bonchev–Trinajstić information content (AvgIpc) is 2.59. The largest absolute Gasteiger partial charge is 0.457 e. The van der Waals surface area contributed by atoms with Crippen molar-refractivity contribution < 1.29 is 13.2 Å². The van der Waals surface area contributed by atoms with E-state index >= 15 is 0 Å². The number of hydrogen-bond donors (Lipinski definition) is 0. The molecule has 0 aliphatic rings. The molecule has 0 aromatic heterocycles. The third-order valence-corrected chi connectivity index (χ3v) is 5.60. The standard InChI is InChI=1S/C20H18O3S/c1-15-7-6-8-16(2)20(15)23-17-11-13-19(14-12-17)24(21,22)18-9-4-3-5-10-18/h3-14H,1-2H3. The molecule has 0 aliphatic heterocycles. The SMILES string of the molecule is Cc1cccc(C)c1Oc1ccc(S(=O)(=O)c2ccccc2)cc1. The maximum atomic E-state index is 12.6. The van der Waals surface area contributed by atoms with Crippen LogP contribution in [0.2, 0.25) is 0 Å². The number of para-hydroxylation sites is 1. The summed E-state index contributed by atoms with van der Waals surface area (Å²) < 4.78 is 31.1. The fraction of sp³-hybridized carbons (Fsp3) is 0.100. The highest BCUT2D eigenvalue weighted by Crippen LogP contribution is 2.30. The maximum absolute atomic E-state index is 12.6. The van der Waals surface area contributed by atoms with E-state index in [9.17, 15) is 8.42 Å². The molecule has 3 aromatic carbocycles. The van der Waals surface area contributed by atoms with Crippen LogP contribution in [0.3, 0.4) is 0 Å². The zero-order valence-corrected chi connectivity index (χ0v) is 14.4. The van der Waals surface area contributed by atoms with Crippen molar-refractivity contribution >= 4 is 9.84 Å². The van der Waals surface area contributed by atoms with Crippen molar-refractivity contribution in [2.75, 3.05) is 0 Å². The van der Waals surface area contributed by atoms with Crippen LogP contribution in [0.15, 0.2) is 82.6 Å². The fourth-order valence-corrected chi connectivity index (χ4v) is 3.78. The van der Waals surface area contributed by atoms with Crippen LogP contribution in [0.5, 0.6) is 11.5 Å². The third-order valence-electron chi connectivity index (χ3n) is 3.82. The van der Waals surface area contributed by atoms with Gasteiger partial charge in [0.05, 0.1) is 9.79 Å². The monoisotopic (exact) mass is 338 g/mol. The van der Waals surface area contributed by atoms with E-state index in [0.29, 0.717) is 5.75 Å². The van der Waals surface area contributed by atoms with Crippen LogP contribution in [0.1, 0.15) is 11.1 Å². The van der Waals surface area contributed by atoms with Crippen LogP contribution in [-0.2, 0) is 9.84 Å². The van der Waals surface area contributed by atoms with Crippen molar-refractivity contribution in [3.63, 3.8) is 0 Å². The maximum Gasteiger partial charge on any atom is 0.206 e. The van der Waals surface area contributed by atoms with E-state index in [-0.39, 0.29) is 9.79 Å². The third kappa shape index (κ3) is 3.19. The predicted octanol–water partition coefficient (Wildman–Crippen LogP) is 4.93. The first kappa shape index (κ1) is 16.3. The summed E-state index contributed by atoms with van der Waals surface area (Å²) in [5, 5.41) is 0. The predicted molar refractivity (Wildman–Crippen MR) is 94.3 cm³/mol. The molecular formula is C20H18O3S. The van der Waals surface area contributed by atoms with Gasteiger partial charge in [0, 0.05) is 0 Å². The van der Waals surface area contributed by atoms with Crippen LogP contribution in [0.25, 0.3) is 0 Å². The van der Waals surface area contributed by atoms with Gasteiger partial charge >= 0.3 is 0 Å². The number of sulfone groups is 1. The Bertz CT molecular complexity index is 924. The lowest BCUT2D eigenvalue weighted by molar-refractivity contribution is 0.474. The smallest absolute Gasteiger partial charge is 0.206 e. The summed E-state index contributed by atoms with van der Waals surface area (Å²) in [5.74, 6) is 1.41. The molecule has 0 N–H and O–H groups in total. The van der Waals surface area contributed by atoms with E-state index in [4.69, 9.17) is 4.74 Å².